The van der Waals surface area contributed by atoms with E-state index < -0.39 is 0 Å². The Hall–Kier alpha value is -2.38. The summed E-state index contributed by atoms with van der Waals surface area (Å²) in [6, 6.07) is 14.3. The van der Waals surface area contributed by atoms with Crippen molar-refractivity contribution in [1.29, 1.82) is 0 Å². The molecule has 0 bridgehead atoms. The summed E-state index contributed by atoms with van der Waals surface area (Å²) < 4.78 is 5.05. The van der Waals surface area contributed by atoms with Crippen molar-refractivity contribution in [3.63, 3.8) is 0 Å². The van der Waals surface area contributed by atoms with Crippen LogP contribution in [0.15, 0.2) is 53.1 Å². The number of hydrogen-bond acceptors (Lipinski definition) is 4. The Morgan fingerprint density at radius 3 is 2.52 bits per heavy atom. The highest BCUT2D eigenvalue weighted by molar-refractivity contribution is 7.80. The van der Waals surface area contributed by atoms with Crippen molar-refractivity contribution in [2.24, 2.45) is 0 Å². The number of furan rings is 1. The van der Waals surface area contributed by atoms with Gasteiger partial charge in [-0.25, -0.2) is 0 Å². The summed E-state index contributed by atoms with van der Waals surface area (Å²) in [5, 5.41) is 9.95. The lowest BCUT2D eigenvalue weighted by atomic mass is 10.0. The topological polar surface area (TPSA) is 69.5 Å². The Labute approximate surface area is 165 Å². The fraction of sp³-hybridized carbons (Fsp3) is 0.400. The zero-order valence-electron chi connectivity index (χ0n) is 15.3. The molecule has 0 atom stereocenters. The molecule has 0 aliphatic carbocycles. The van der Waals surface area contributed by atoms with E-state index >= 15 is 0 Å². The van der Waals surface area contributed by atoms with E-state index in [1.54, 1.807) is 12.1 Å². The first-order valence-corrected chi connectivity index (χ1v) is 9.74. The molecule has 0 saturated carbocycles. The Balaban J connectivity index is 1.27. The van der Waals surface area contributed by atoms with Crippen LogP contribution in [0, 0.1) is 0 Å². The molecule has 144 valence electrons. The van der Waals surface area contributed by atoms with Crippen LogP contribution >= 0.6 is 12.2 Å². The molecule has 1 amide bonds. The van der Waals surface area contributed by atoms with Gasteiger partial charge in [0.2, 0.25) is 0 Å². The molecule has 1 aliphatic rings. The van der Waals surface area contributed by atoms with Crippen molar-refractivity contribution >= 4 is 23.2 Å². The molecule has 2 aromatic rings. The number of carbonyl (C=O) groups is 1. The highest BCUT2D eigenvalue weighted by atomic mass is 32.1. The van der Waals surface area contributed by atoms with Gasteiger partial charge in [0.05, 0.1) is 6.26 Å². The third-order valence-electron chi connectivity index (χ3n) is 4.61. The summed E-state index contributed by atoms with van der Waals surface area (Å²) in [7, 11) is 0. The van der Waals surface area contributed by atoms with E-state index in [9.17, 15) is 4.79 Å². The number of hydrogen-bond donors (Lipinski definition) is 3. The van der Waals surface area contributed by atoms with Crippen molar-refractivity contribution in [2.45, 2.75) is 25.4 Å². The van der Waals surface area contributed by atoms with Crippen LogP contribution in [-0.2, 0) is 6.54 Å². The summed E-state index contributed by atoms with van der Waals surface area (Å²) in [6.07, 6.45) is 3.63. The second-order valence-electron chi connectivity index (χ2n) is 6.67. The molecule has 6 nitrogen and oxygen atoms in total. The average Bonchev–Trinajstić information content (AvgIpc) is 3.22. The van der Waals surface area contributed by atoms with Gasteiger partial charge in [-0.15, -0.1) is 0 Å². The lowest BCUT2D eigenvalue weighted by Gasteiger charge is -2.33. The van der Waals surface area contributed by atoms with E-state index in [0.29, 0.717) is 30.0 Å². The van der Waals surface area contributed by atoms with Crippen LogP contribution in [0.5, 0.6) is 0 Å². The molecule has 1 aromatic heterocycles. The number of nitrogens with one attached hydrogen (secondary N) is 3. The minimum Gasteiger partial charge on any atom is -0.459 e. The Bertz CT molecular complexity index is 713. The normalized spacial score (nSPS) is 15.3. The maximum atomic E-state index is 11.7. The lowest BCUT2D eigenvalue weighted by molar-refractivity contribution is 0.0926. The van der Waals surface area contributed by atoms with Crippen LogP contribution in [0.2, 0.25) is 0 Å². The predicted molar refractivity (Wildman–Crippen MR) is 110 cm³/mol. The molecular formula is C20H26N4O2S. The second-order valence-corrected chi connectivity index (χ2v) is 7.08. The van der Waals surface area contributed by atoms with E-state index in [1.165, 1.54) is 11.8 Å². The molecular weight excluding hydrogens is 360 g/mol. The number of likely N-dealkylation sites (tertiary alicyclic amines) is 1. The molecule has 2 heterocycles. The van der Waals surface area contributed by atoms with Crippen LogP contribution in [0.3, 0.4) is 0 Å². The lowest BCUT2D eigenvalue weighted by Crippen LogP contribution is -2.48. The number of benzene rings is 1. The summed E-state index contributed by atoms with van der Waals surface area (Å²) in [5.41, 5.74) is 1.36. The molecule has 1 fully saturated rings. The quantitative estimate of drug-likeness (QED) is 0.500. The first kappa shape index (κ1) is 19.4. The van der Waals surface area contributed by atoms with Crippen LogP contribution in [0.25, 0.3) is 0 Å². The molecule has 0 unspecified atom stereocenters. The fourth-order valence-corrected chi connectivity index (χ4v) is 3.43. The zero-order chi connectivity index (χ0) is 18.9. The maximum absolute atomic E-state index is 11.7. The zero-order valence-corrected chi connectivity index (χ0v) is 16.1. The van der Waals surface area contributed by atoms with Crippen molar-refractivity contribution < 1.29 is 9.21 Å². The molecule has 7 heteroatoms. The molecule has 1 saturated heterocycles. The van der Waals surface area contributed by atoms with Gasteiger partial charge in [0.1, 0.15) is 0 Å². The van der Waals surface area contributed by atoms with E-state index in [1.807, 2.05) is 0 Å². The van der Waals surface area contributed by atoms with Gasteiger partial charge >= 0.3 is 0 Å². The summed E-state index contributed by atoms with van der Waals surface area (Å²) in [6.45, 7) is 4.19. The molecule has 3 N–H and O–H groups in total. The van der Waals surface area contributed by atoms with Crippen molar-refractivity contribution in [1.82, 2.24) is 20.9 Å². The molecule has 1 aliphatic heterocycles. The molecule has 27 heavy (non-hydrogen) atoms. The standard InChI is InChI=1S/C20H26N4O2S/c25-19(18-7-4-14-26-18)21-10-11-22-20(27)23-17-8-12-24(13-9-17)15-16-5-2-1-3-6-16/h1-7,14,17H,8-13,15H2,(H,21,25)(H2,22,23,27). The van der Waals surface area contributed by atoms with Crippen LogP contribution in [-0.4, -0.2) is 48.1 Å². The highest BCUT2D eigenvalue weighted by Gasteiger charge is 2.19. The number of rotatable bonds is 7. The Morgan fingerprint density at radius 1 is 1.07 bits per heavy atom. The third kappa shape index (κ3) is 6.37. The average molecular weight is 387 g/mol. The first-order valence-electron chi connectivity index (χ1n) is 9.33. The third-order valence-corrected chi connectivity index (χ3v) is 4.88. The second kappa shape index (κ2) is 10.1. The van der Waals surface area contributed by atoms with Crippen molar-refractivity contribution in [3.8, 4) is 0 Å². The van der Waals surface area contributed by atoms with E-state index in [0.717, 1.165) is 32.5 Å². The van der Waals surface area contributed by atoms with E-state index in [2.05, 4.69) is 51.2 Å². The number of piperidine rings is 1. The van der Waals surface area contributed by atoms with Gasteiger partial charge in [0.15, 0.2) is 10.9 Å². The van der Waals surface area contributed by atoms with Gasteiger partial charge in [-0.05, 0) is 42.8 Å². The first-order chi connectivity index (χ1) is 13.2. The largest absolute Gasteiger partial charge is 0.459 e. The van der Waals surface area contributed by atoms with Crippen molar-refractivity contribution in [3.05, 3.63) is 60.1 Å². The van der Waals surface area contributed by atoms with E-state index in [4.69, 9.17) is 16.6 Å². The summed E-state index contributed by atoms with van der Waals surface area (Å²) in [5.74, 6) is 0.101. The van der Waals surface area contributed by atoms with Gasteiger partial charge in [-0.1, -0.05) is 30.3 Å². The SMILES string of the molecule is O=C(NCCNC(=S)NC1CCN(Cc2ccccc2)CC1)c1ccco1. The number of nitrogens with zero attached hydrogens (tertiary/aromatic N) is 1. The van der Waals surface area contributed by atoms with Gasteiger partial charge in [0.25, 0.3) is 5.91 Å². The smallest absolute Gasteiger partial charge is 0.287 e. The monoisotopic (exact) mass is 386 g/mol. The predicted octanol–water partition coefficient (Wildman–Crippen LogP) is 2.14. The fourth-order valence-electron chi connectivity index (χ4n) is 3.16. The minimum absolute atomic E-state index is 0.216. The van der Waals surface area contributed by atoms with Crippen LogP contribution in [0.1, 0.15) is 29.0 Å². The van der Waals surface area contributed by atoms with Crippen LogP contribution in [0.4, 0.5) is 0 Å². The highest BCUT2D eigenvalue weighted by Crippen LogP contribution is 2.13. The van der Waals surface area contributed by atoms with E-state index in [-0.39, 0.29) is 5.91 Å². The number of carbonyl (C=O) groups excluding carboxylic acids is 1. The molecule has 1 aromatic carbocycles. The van der Waals surface area contributed by atoms with Gasteiger partial charge in [-0.2, -0.15) is 0 Å². The molecule has 3 rings (SSSR count). The van der Waals surface area contributed by atoms with Gasteiger partial charge in [-0.3, -0.25) is 9.69 Å². The Kier molecular flexibility index (Phi) is 7.24. The molecule has 0 radical (unpaired) electrons. The Morgan fingerprint density at radius 2 is 1.81 bits per heavy atom. The molecule has 0 spiro atoms. The summed E-state index contributed by atoms with van der Waals surface area (Å²) >= 11 is 5.36. The maximum Gasteiger partial charge on any atom is 0.287 e. The number of amides is 1. The van der Waals surface area contributed by atoms with Crippen molar-refractivity contribution in [2.75, 3.05) is 26.2 Å². The number of thiocarbonyl (C=S) groups is 1. The van der Waals surface area contributed by atoms with Gasteiger partial charge < -0.3 is 20.4 Å². The summed E-state index contributed by atoms with van der Waals surface area (Å²) in [4.78, 5) is 14.2. The van der Waals surface area contributed by atoms with Gasteiger partial charge in [0, 0.05) is 38.8 Å². The van der Waals surface area contributed by atoms with Crippen LogP contribution < -0.4 is 16.0 Å². The minimum atomic E-state index is -0.216.